The molecule has 0 spiro atoms. The molecule has 0 bridgehead atoms. The van der Waals surface area contributed by atoms with Crippen LogP contribution >= 0.6 is 0 Å². The number of hydrogen-bond acceptors (Lipinski definition) is 4. The Morgan fingerprint density at radius 1 is 1.04 bits per heavy atom. The molecule has 0 amide bonds. The van der Waals surface area contributed by atoms with Gasteiger partial charge in [-0.1, -0.05) is 25.0 Å². The van der Waals surface area contributed by atoms with Gasteiger partial charge in [0.1, 0.15) is 0 Å². The van der Waals surface area contributed by atoms with Crippen LogP contribution in [-0.4, -0.2) is 65.3 Å². The topological polar surface area (TPSA) is 73.8 Å². The summed E-state index contributed by atoms with van der Waals surface area (Å²) in [7, 11) is -1.35. The van der Waals surface area contributed by atoms with Crippen molar-refractivity contribution in [2.75, 3.05) is 46.0 Å². The van der Waals surface area contributed by atoms with E-state index in [-0.39, 0.29) is 0 Å². The number of hydrogen-bond donors (Lipinski definition) is 2. The van der Waals surface area contributed by atoms with Crippen molar-refractivity contribution in [3.63, 3.8) is 0 Å². The van der Waals surface area contributed by atoms with E-state index < -0.39 is 9.84 Å². The van der Waals surface area contributed by atoms with E-state index in [1.165, 1.54) is 45.0 Å². The van der Waals surface area contributed by atoms with Crippen LogP contribution in [0, 0.1) is 0 Å². The molecule has 2 rings (SSSR count). The molecule has 0 aromatic heterocycles. The number of aliphatic imine (C=N–C) groups is 1. The van der Waals surface area contributed by atoms with Crippen LogP contribution in [-0.2, 0) is 16.3 Å². The van der Waals surface area contributed by atoms with Gasteiger partial charge in [-0.25, -0.2) is 8.42 Å². The van der Waals surface area contributed by atoms with E-state index >= 15 is 0 Å². The number of rotatable bonds is 7. The predicted molar refractivity (Wildman–Crippen MR) is 108 cm³/mol. The zero-order valence-electron chi connectivity index (χ0n) is 16.0. The molecule has 1 heterocycles. The van der Waals surface area contributed by atoms with Gasteiger partial charge in [-0.3, -0.25) is 4.99 Å². The van der Waals surface area contributed by atoms with Gasteiger partial charge in [-0.15, -0.1) is 0 Å². The standard InChI is InChI=1S/C19H32N4O2S/c1-20-19(22-13-16-23-14-5-3-4-6-15-23)21-12-11-17-7-9-18(10-8-17)26(2,24)25/h7-10H,3-6,11-16H2,1-2H3,(H2,20,21,22). The van der Waals surface area contributed by atoms with Gasteiger partial charge in [0, 0.05) is 32.9 Å². The summed E-state index contributed by atoms with van der Waals surface area (Å²) in [5.74, 6) is 0.813. The van der Waals surface area contributed by atoms with E-state index in [1.54, 1.807) is 19.2 Å². The molecule has 26 heavy (non-hydrogen) atoms. The number of nitrogens with zero attached hydrogens (tertiary/aromatic N) is 2. The molecule has 6 nitrogen and oxygen atoms in total. The van der Waals surface area contributed by atoms with Crippen molar-refractivity contribution in [2.45, 2.75) is 37.0 Å². The summed E-state index contributed by atoms with van der Waals surface area (Å²) < 4.78 is 23.0. The van der Waals surface area contributed by atoms with Gasteiger partial charge in [0.2, 0.25) is 0 Å². The van der Waals surface area contributed by atoms with E-state index in [4.69, 9.17) is 0 Å². The van der Waals surface area contributed by atoms with Crippen LogP contribution in [0.2, 0.25) is 0 Å². The van der Waals surface area contributed by atoms with Gasteiger partial charge in [0.15, 0.2) is 15.8 Å². The van der Waals surface area contributed by atoms with Crippen molar-refractivity contribution >= 4 is 15.8 Å². The fourth-order valence-electron chi connectivity index (χ4n) is 3.14. The molecular formula is C19H32N4O2S. The fraction of sp³-hybridized carbons (Fsp3) is 0.632. The van der Waals surface area contributed by atoms with E-state index in [0.29, 0.717) is 4.90 Å². The van der Waals surface area contributed by atoms with Crippen LogP contribution in [0.1, 0.15) is 31.2 Å². The lowest BCUT2D eigenvalue weighted by molar-refractivity contribution is 0.289. The Labute approximate surface area is 158 Å². The van der Waals surface area contributed by atoms with Crippen LogP contribution in [0.5, 0.6) is 0 Å². The summed E-state index contributed by atoms with van der Waals surface area (Å²) in [4.78, 5) is 7.15. The second-order valence-corrected chi connectivity index (χ2v) is 8.86. The van der Waals surface area contributed by atoms with Crippen molar-refractivity contribution < 1.29 is 8.42 Å². The maximum atomic E-state index is 11.5. The molecule has 1 aliphatic rings. The third-order valence-corrected chi connectivity index (χ3v) is 5.83. The number of nitrogens with one attached hydrogen (secondary N) is 2. The highest BCUT2D eigenvalue weighted by molar-refractivity contribution is 7.90. The summed E-state index contributed by atoms with van der Waals surface area (Å²) in [6.45, 7) is 5.10. The highest BCUT2D eigenvalue weighted by atomic mass is 32.2. The average molecular weight is 381 g/mol. The van der Waals surface area contributed by atoms with Gasteiger partial charge in [-0.05, 0) is 50.0 Å². The number of benzene rings is 1. The first-order valence-corrected chi connectivity index (χ1v) is 11.3. The molecule has 1 fully saturated rings. The first-order valence-electron chi connectivity index (χ1n) is 9.45. The van der Waals surface area contributed by atoms with Crippen molar-refractivity contribution in [1.82, 2.24) is 15.5 Å². The van der Waals surface area contributed by atoms with Gasteiger partial charge in [-0.2, -0.15) is 0 Å². The molecule has 0 aliphatic carbocycles. The highest BCUT2D eigenvalue weighted by Gasteiger charge is 2.09. The molecule has 0 radical (unpaired) electrons. The Morgan fingerprint density at radius 2 is 1.65 bits per heavy atom. The summed E-state index contributed by atoms with van der Waals surface area (Å²) >= 11 is 0. The Hall–Kier alpha value is -1.60. The molecule has 0 atom stereocenters. The summed E-state index contributed by atoms with van der Waals surface area (Å²) in [5, 5.41) is 6.69. The molecule has 0 unspecified atom stereocenters. The lowest BCUT2D eigenvalue weighted by atomic mass is 10.1. The van der Waals surface area contributed by atoms with Crippen LogP contribution in [0.4, 0.5) is 0 Å². The Kier molecular flexibility index (Phi) is 8.38. The molecule has 1 aromatic rings. The predicted octanol–water partition coefficient (Wildman–Crippen LogP) is 1.67. The van der Waals surface area contributed by atoms with Crippen molar-refractivity contribution in [3.05, 3.63) is 29.8 Å². The van der Waals surface area contributed by atoms with Crippen LogP contribution in [0.25, 0.3) is 0 Å². The van der Waals surface area contributed by atoms with E-state index in [1.807, 2.05) is 12.1 Å². The van der Waals surface area contributed by atoms with Crippen LogP contribution in [0.3, 0.4) is 0 Å². The largest absolute Gasteiger partial charge is 0.356 e. The van der Waals surface area contributed by atoms with Crippen molar-refractivity contribution in [3.8, 4) is 0 Å². The highest BCUT2D eigenvalue weighted by Crippen LogP contribution is 2.10. The quantitative estimate of drug-likeness (QED) is 0.556. The maximum absolute atomic E-state index is 11.5. The van der Waals surface area contributed by atoms with Crippen molar-refractivity contribution in [1.29, 1.82) is 0 Å². The first kappa shape index (κ1) is 20.7. The van der Waals surface area contributed by atoms with Crippen LogP contribution in [0.15, 0.2) is 34.2 Å². The van der Waals surface area contributed by atoms with Crippen molar-refractivity contribution in [2.24, 2.45) is 4.99 Å². The molecule has 0 saturated carbocycles. The molecule has 1 aromatic carbocycles. The first-order chi connectivity index (χ1) is 12.5. The van der Waals surface area contributed by atoms with Gasteiger partial charge in [0.25, 0.3) is 0 Å². The summed E-state index contributed by atoms with van der Waals surface area (Å²) in [6, 6.07) is 7.07. The van der Waals surface area contributed by atoms with E-state index in [9.17, 15) is 8.42 Å². The summed E-state index contributed by atoms with van der Waals surface area (Å²) in [6.07, 6.45) is 7.38. The van der Waals surface area contributed by atoms with Gasteiger partial charge >= 0.3 is 0 Å². The molecule has 1 saturated heterocycles. The average Bonchev–Trinajstić information content (AvgIpc) is 2.89. The van der Waals surface area contributed by atoms with Gasteiger partial charge < -0.3 is 15.5 Å². The smallest absolute Gasteiger partial charge is 0.191 e. The molecule has 2 N–H and O–H groups in total. The number of guanidine groups is 1. The fourth-order valence-corrected chi connectivity index (χ4v) is 3.77. The number of sulfone groups is 1. The molecular weight excluding hydrogens is 348 g/mol. The second kappa shape index (κ2) is 10.5. The van der Waals surface area contributed by atoms with Crippen LogP contribution < -0.4 is 10.6 Å². The van der Waals surface area contributed by atoms with Gasteiger partial charge in [0.05, 0.1) is 4.90 Å². The Bertz CT molecular complexity index is 663. The SMILES string of the molecule is CN=C(NCCc1ccc(S(C)(=O)=O)cc1)NCCN1CCCCCC1. The normalized spacial score (nSPS) is 16.9. The zero-order valence-corrected chi connectivity index (χ0v) is 16.8. The molecule has 7 heteroatoms. The van der Waals surface area contributed by atoms with E-state index in [0.717, 1.165) is 37.6 Å². The minimum absolute atomic E-state index is 0.361. The molecule has 146 valence electrons. The second-order valence-electron chi connectivity index (χ2n) is 6.85. The lowest BCUT2D eigenvalue weighted by Gasteiger charge is -2.20. The third-order valence-electron chi connectivity index (χ3n) is 4.70. The summed E-state index contributed by atoms with van der Waals surface area (Å²) in [5.41, 5.74) is 1.10. The van der Waals surface area contributed by atoms with E-state index in [2.05, 4.69) is 20.5 Å². The minimum atomic E-state index is -3.13. The Morgan fingerprint density at radius 3 is 2.23 bits per heavy atom. The lowest BCUT2D eigenvalue weighted by Crippen LogP contribution is -2.42. The Balaban J connectivity index is 1.68. The zero-order chi connectivity index (χ0) is 18.8. The molecule has 1 aliphatic heterocycles. The minimum Gasteiger partial charge on any atom is -0.356 e. The third kappa shape index (κ3) is 7.33. The maximum Gasteiger partial charge on any atom is 0.191 e. The number of likely N-dealkylation sites (tertiary alicyclic amines) is 1. The monoisotopic (exact) mass is 380 g/mol.